The number of aromatic nitrogens is 3. The number of benzene rings is 1. The van der Waals surface area contributed by atoms with Crippen LogP contribution in [0.25, 0.3) is 11.3 Å². The first-order valence-corrected chi connectivity index (χ1v) is 16.2. The van der Waals surface area contributed by atoms with Gasteiger partial charge in [0, 0.05) is 49.1 Å². The van der Waals surface area contributed by atoms with Gasteiger partial charge in [0.1, 0.15) is 17.3 Å². The Balaban J connectivity index is 1.38. The van der Waals surface area contributed by atoms with Gasteiger partial charge in [0.25, 0.3) is 5.91 Å². The van der Waals surface area contributed by atoms with Crippen LogP contribution in [0, 0.1) is 5.92 Å². The Kier molecular flexibility index (Phi) is 10.7. The second-order valence-corrected chi connectivity index (χ2v) is 12.5. The summed E-state index contributed by atoms with van der Waals surface area (Å²) in [4.78, 5) is 42.6. The lowest BCUT2D eigenvalue weighted by atomic mass is 9.97. The number of carboxylic acid groups (broad SMARTS) is 1. The predicted molar refractivity (Wildman–Crippen MR) is 166 cm³/mol. The summed E-state index contributed by atoms with van der Waals surface area (Å²) in [5.74, 6) is -1.54. The van der Waals surface area contributed by atoms with Gasteiger partial charge in [-0.25, -0.2) is 15.0 Å². The van der Waals surface area contributed by atoms with Gasteiger partial charge in [-0.1, -0.05) is 18.3 Å². The molecule has 3 aromatic rings. The number of piperidine rings is 1. The average Bonchev–Trinajstić information content (AvgIpc) is 3.67. The highest BCUT2D eigenvalue weighted by Crippen LogP contribution is 2.41. The molecule has 2 fully saturated rings. The van der Waals surface area contributed by atoms with E-state index in [9.17, 15) is 27.9 Å². The number of aliphatic hydroxyl groups is 1. The quantitative estimate of drug-likeness (QED) is 0.219. The van der Waals surface area contributed by atoms with E-state index in [1.54, 1.807) is 0 Å². The molecule has 3 N–H and O–H groups in total. The molecule has 248 valence electrons. The van der Waals surface area contributed by atoms with Gasteiger partial charge in [-0.05, 0) is 56.8 Å². The van der Waals surface area contributed by atoms with Crippen LogP contribution in [0.15, 0.2) is 30.6 Å². The van der Waals surface area contributed by atoms with Crippen LogP contribution in [0.1, 0.15) is 66.4 Å². The molecule has 2 aliphatic heterocycles. The molecule has 0 aliphatic carbocycles. The van der Waals surface area contributed by atoms with E-state index in [1.807, 2.05) is 4.90 Å². The summed E-state index contributed by atoms with van der Waals surface area (Å²) < 4.78 is 47.6. The van der Waals surface area contributed by atoms with Crippen LogP contribution in [0.3, 0.4) is 0 Å². The third kappa shape index (κ3) is 7.93. The molecule has 1 atom stereocenters. The highest BCUT2D eigenvalue weighted by Gasteiger charge is 2.35. The number of carbonyl (C=O) groups excluding carboxylic acids is 1. The highest BCUT2D eigenvalue weighted by atomic mass is 32.1. The van der Waals surface area contributed by atoms with Crippen molar-refractivity contribution in [3.63, 3.8) is 0 Å². The van der Waals surface area contributed by atoms with Crippen molar-refractivity contribution in [2.75, 3.05) is 43.1 Å². The molecule has 1 amide bonds. The number of carboxylic acids is 1. The number of ether oxygens (including phenoxy) is 1. The lowest BCUT2D eigenvalue weighted by Crippen LogP contribution is -2.36. The maximum absolute atomic E-state index is 14.1. The van der Waals surface area contributed by atoms with Crippen molar-refractivity contribution in [1.82, 2.24) is 19.9 Å². The lowest BCUT2D eigenvalue weighted by molar-refractivity contribution is -0.142. The van der Waals surface area contributed by atoms with Crippen LogP contribution in [0.4, 0.5) is 24.1 Å². The number of anilines is 2. The number of nitrogens with one attached hydrogen (secondary N) is 1. The molecule has 0 saturated carbocycles. The van der Waals surface area contributed by atoms with Crippen molar-refractivity contribution in [2.45, 2.75) is 64.2 Å². The van der Waals surface area contributed by atoms with Gasteiger partial charge in [-0.2, -0.15) is 13.2 Å². The largest absolute Gasteiger partial charge is 0.493 e. The maximum Gasteiger partial charge on any atom is 0.419 e. The van der Waals surface area contributed by atoms with E-state index >= 15 is 0 Å². The Morgan fingerprint density at radius 2 is 1.91 bits per heavy atom. The minimum atomic E-state index is -4.68. The Bertz CT molecular complexity index is 1510. The minimum absolute atomic E-state index is 0.0387. The first-order valence-electron chi connectivity index (χ1n) is 15.4. The van der Waals surface area contributed by atoms with Crippen molar-refractivity contribution >= 4 is 34.2 Å². The second kappa shape index (κ2) is 14.7. The number of aliphatic carboxylic acids is 1. The standard InChI is InChI=1S/C31H37F3N6O5S/c1-2-21-5-3-10-40(21)18-25-27(20-6-7-24(45-14-4-13-41)22(15-20)31(32,33)34)37-30(46-25)38-28(42)23-16-36-26(17-35-23)39-11-8-19(9-12-39)29(43)44/h6-7,15-17,19,21,41H,2-5,8-14,18H2,1H3,(H,43,44)(H,37,38,42). The number of likely N-dealkylation sites (tertiary alicyclic amines) is 1. The van der Waals surface area contributed by atoms with E-state index in [1.165, 1.54) is 35.9 Å². The van der Waals surface area contributed by atoms with Gasteiger partial charge in [0.2, 0.25) is 0 Å². The first kappa shape index (κ1) is 33.5. The zero-order valence-corrected chi connectivity index (χ0v) is 26.2. The molecule has 11 nitrogen and oxygen atoms in total. The van der Waals surface area contributed by atoms with Crippen LogP contribution in [-0.4, -0.2) is 80.8 Å². The van der Waals surface area contributed by atoms with Gasteiger partial charge in [-0.3, -0.25) is 19.8 Å². The number of thiazole rings is 1. The number of nitrogens with zero attached hydrogens (tertiary/aromatic N) is 5. The number of rotatable bonds is 12. The molecular formula is C31H37F3N6O5S. The molecule has 2 aliphatic rings. The number of hydrogen-bond acceptors (Lipinski definition) is 10. The molecule has 5 rings (SSSR count). The Morgan fingerprint density at radius 1 is 1.13 bits per heavy atom. The van der Waals surface area contributed by atoms with Gasteiger partial charge >= 0.3 is 12.1 Å². The predicted octanol–water partition coefficient (Wildman–Crippen LogP) is 5.31. The molecule has 0 spiro atoms. The van der Waals surface area contributed by atoms with Gasteiger partial charge in [0.05, 0.1) is 36.2 Å². The SMILES string of the molecule is CCC1CCCN1Cc1sc(NC(=O)c2cnc(N3CCC(C(=O)O)CC3)cn2)nc1-c1ccc(OCCCO)c(C(F)(F)F)c1. The van der Waals surface area contributed by atoms with Crippen molar-refractivity contribution < 1.29 is 37.7 Å². The number of hydrogen-bond donors (Lipinski definition) is 3. The van der Waals surface area contributed by atoms with Crippen LogP contribution in [0.2, 0.25) is 0 Å². The Labute approximate surface area is 268 Å². The smallest absolute Gasteiger partial charge is 0.419 e. The van der Waals surface area contributed by atoms with Crippen LogP contribution in [0.5, 0.6) is 5.75 Å². The number of halogens is 3. The van der Waals surface area contributed by atoms with E-state index in [0.717, 1.165) is 36.8 Å². The van der Waals surface area contributed by atoms with Crippen molar-refractivity contribution in [1.29, 1.82) is 0 Å². The van der Waals surface area contributed by atoms with E-state index in [4.69, 9.17) is 9.84 Å². The molecule has 0 radical (unpaired) electrons. The van der Waals surface area contributed by atoms with E-state index in [2.05, 4.69) is 32.1 Å². The number of amides is 1. The lowest BCUT2D eigenvalue weighted by Gasteiger charge is -2.30. The van der Waals surface area contributed by atoms with Gasteiger partial charge in [-0.15, -0.1) is 0 Å². The molecule has 2 saturated heterocycles. The second-order valence-electron chi connectivity index (χ2n) is 11.4. The van der Waals surface area contributed by atoms with E-state index < -0.39 is 23.6 Å². The Hall–Kier alpha value is -3.82. The van der Waals surface area contributed by atoms with E-state index in [-0.39, 0.29) is 47.7 Å². The number of carbonyl (C=O) groups is 2. The molecule has 46 heavy (non-hydrogen) atoms. The van der Waals surface area contributed by atoms with Crippen LogP contribution in [-0.2, 0) is 17.5 Å². The summed E-state index contributed by atoms with van der Waals surface area (Å²) >= 11 is 1.21. The summed E-state index contributed by atoms with van der Waals surface area (Å²) in [7, 11) is 0. The van der Waals surface area contributed by atoms with Crippen LogP contribution >= 0.6 is 11.3 Å². The molecule has 0 bridgehead atoms. The van der Waals surface area contributed by atoms with Crippen LogP contribution < -0.4 is 15.0 Å². The summed E-state index contributed by atoms with van der Waals surface area (Å²) in [5.41, 5.74) is -0.309. The fourth-order valence-electron chi connectivity index (χ4n) is 5.88. The third-order valence-corrected chi connectivity index (χ3v) is 9.35. The van der Waals surface area contributed by atoms with Crippen molar-refractivity contribution in [3.05, 3.63) is 46.7 Å². The maximum atomic E-state index is 14.1. The van der Waals surface area contributed by atoms with Crippen molar-refractivity contribution in [2.24, 2.45) is 5.92 Å². The first-order chi connectivity index (χ1) is 22.1. The average molecular weight is 663 g/mol. The monoisotopic (exact) mass is 662 g/mol. The molecule has 4 heterocycles. The summed E-state index contributed by atoms with van der Waals surface area (Å²) in [5, 5.41) is 21.2. The zero-order valence-electron chi connectivity index (χ0n) is 25.4. The fraction of sp³-hybridized carbons (Fsp3) is 0.516. The normalized spacial score (nSPS) is 17.8. The molecule has 1 aromatic carbocycles. The fourth-order valence-corrected chi connectivity index (χ4v) is 6.88. The number of alkyl halides is 3. The molecule has 1 unspecified atom stereocenters. The summed E-state index contributed by atoms with van der Waals surface area (Å²) in [6, 6.07) is 4.16. The number of aliphatic hydroxyl groups excluding tert-OH is 1. The minimum Gasteiger partial charge on any atom is -0.493 e. The van der Waals surface area contributed by atoms with Gasteiger partial charge < -0.3 is 19.8 Å². The molecular weight excluding hydrogens is 625 g/mol. The topological polar surface area (TPSA) is 141 Å². The zero-order chi connectivity index (χ0) is 32.8. The molecule has 2 aromatic heterocycles. The highest BCUT2D eigenvalue weighted by molar-refractivity contribution is 7.16. The third-order valence-electron chi connectivity index (χ3n) is 8.39. The molecule has 15 heteroatoms. The summed E-state index contributed by atoms with van der Waals surface area (Å²) in [6.45, 7) is 4.22. The summed E-state index contributed by atoms with van der Waals surface area (Å²) in [6.07, 6.45) is 2.33. The van der Waals surface area contributed by atoms with Crippen molar-refractivity contribution in [3.8, 4) is 17.0 Å². The van der Waals surface area contributed by atoms with Gasteiger partial charge in [0.15, 0.2) is 5.13 Å². The van der Waals surface area contributed by atoms with E-state index in [0.29, 0.717) is 50.0 Å². The Morgan fingerprint density at radius 3 is 2.57 bits per heavy atom.